The zero-order valence-electron chi connectivity index (χ0n) is 28.7. The van der Waals surface area contributed by atoms with Crippen LogP contribution in [0.2, 0.25) is 0 Å². The number of nitrogens with zero attached hydrogens (tertiary/aromatic N) is 10. The van der Waals surface area contributed by atoms with Gasteiger partial charge in [-0.2, -0.15) is 9.97 Å². The minimum Gasteiger partial charge on any atom is -0.394 e. The summed E-state index contributed by atoms with van der Waals surface area (Å²) in [5, 5.41) is 75.8. The SMILES string of the molecule is Nc1nc2c(nc(N=Nc3ccccc3)n2[C@@H]2O[C@H](CO)[C@H](O)C2O)c(=O)[nH]1.Nc1nc2c(nc(N=Nc3ccccc3)n2[C@@H]2O[C@H](CO)[C@H](O)C2O)c(=O)[nH]1. The molecule has 2 aromatic carbocycles. The van der Waals surface area contributed by atoms with Crippen molar-refractivity contribution in [3.8, 4) is 0 Å². The van der Waals surface area contributed by atoms with Gasteiger partial charge in [-0.15, -0.1) is 20.5 Å². The Balaban J connectivity index is 0.000000172. The number of fused-ring (bicyclic) bond motifs is 2. The van der Waals surface area contributed by atoms with Gasteiger partial charge in [0.15, 0.2) is 34.8 Å². The number of aromatic nitrogens is 8. The van der Waals surface area contributed by atoms with Crippen LogP contribution in [-0.2, 0) is 9.47 Å². The highest BCUT2D eigenvalue weighted by atomic mass is 16.6. The quantitative estimate of drug-likeness (QED) is 0.0868. The Morgan fingerprint density at radius 2 is 0.964 bits per heavy atom. The Labute approximate surface area is 312 Å². The number of benzene rings is 2. The lowest BCUT2D eigenvalue weighted by Gasteiger charge is -2.17. The first kappa shape index (κ1) is 37.9. The first-order valence-electron chi connectivity index (χ1n) is 16.7. The van der Waals surface area contributed by atoms with Crippen LogP contribution >= 0.6 is 0 Å². The van der Waals surface area contributed by atoms with Crippen LogP contribution < -0.4 is 22.6 Å². The van der Waals surface area contributed by atoms with Crippen molar-refractivity contribution in [1.82, 2.24) is 39.0 Å². The van der Waals surface area contributed by atoms with Gasteiger partial charge in [0.05, 0.1) is 24.6 Å². The molecule has 2 aliphatic rings. The van der Waals surface area contributed by atoms with Crippen molar-refractivity contribution in [2.24, 2.45) is 20.5 Å². The third-order valence-electron chi connectivity index (χ3n) is 8.67. The fourth-order valence-corrected chi connectivity index (χ4v) is 5.97. The van der Waals surface area contributed by atoms with Gasteiger partial charge < -0.3 is 51.6 Å². The van der Waals surface area contributed by atoms with Gasteiger partial charge in [0.2, 0.25) is 11.9 Å². The zero-order valence-corrected chi connectivity index (χ0v) is 28.7. The molecule has 0 aliphatic carbocycles. The number of rotatable bonds is 8. The molecule has 6 aromatic rings. The van der Waals surface area contributed by atoms with E-state index in [1.165, 1.54) is 9.13 Å². The monoisotopic (exact) mass is 774 g/mol. The molecule has 24 heteroatoms. The largest absolute Gasteiger partial charge is 0.394 e. The maximum Gasteiger partial charge on any atom is 0.280 e. The summed E-state index contributed by atoms with van der Waals surface area (Å²) in [6.07, 6.45) is -10.1. The molecule has 24 nitrogen and oxygen atoms in total. The van der Waals surface area contributed by atoms with Crippen molar-refractivity contribution in [3.05, 3.63) is 81.4 Å². The molecule has 56 heavy (non-hydrogen) atoms. The lowest BCUT2D eigenvalue weighted by molar-refractivity contribution is -0.0503. The summed E-state index contributed by atoms with van der Waals surface area (Å²) < 4.78 is 13.5. The standard InChI is InChI=1S/2C16H17N7O5/c2*17-15-19-12-9(13(27)20-15)18-16(22-21-7-4-2-1-3-5-7)23(12)14-11(26)10(25)8(6-24)28-14/h2*1-5,8,10-11,14,24-26H,6H2,(H3,17,19,20,27)/t2*8-,10+,11?,14-/m11/s1. The Hall–Kier alpha value is -6.38. The van der Waals surface area contributed by atoms with Gasteiger partial charge in [0, 0.05) is 0 Å². The minimum atomic E-state index is -1.43. The predicted octanol–water partition coefficient (Wildman–Crippen LogP) is -0.543. The molecular formula is C32H34N14O10. The number of aromatic amines is 2. The highest BCUT2D eigenvalue weighted by Gasteiger charge is 2.46. The maximum atomic E-state index is 12.2. The number of H-pyrrole nitrogens is 2. The highest BCUT2D eigenvalue weighted by molar-refractivity contribution is 5.75. The number of anilines is 2. The number of nitrogen functional groups attached to an aromatic ring is 2. The number of hydrogen-bond acceptors (Lipinski definition) is 20. The van der Waals surface area contributed by atoms with E-state index in [9.17, 15) is 40.2 Å². The third-order valence-corrected chi connectivity index (χ3v) is 8.67. The van der Waals surface area contributed by atoms with Crippen LogP contribution in [0.25, 0.3) is 22.3 Å². The molecule has 8 rings (SSSR count). The number of nitrogens with one attached hydrogen (secondary N) is 2. The molecule has 4 aromatic heterocycles. The van der Waals surface area contributed by atoms with Gasteiger partial charge in [-0.3, -0.25) is 28.7 Å². The summed E-state index contributed by atoms with van der Waals surface area (Å²) in [7, 11) is 0. The third kappa shape index (κ3) is 7.23. The van der Waals surface area contributed by atoms with E-state index in [0.717, 1.165) is 0 Å². The summed E-state index contributed by atoms with van der Waals surface area (Å²) in [5.41, 5.74) is 10.9. The van der Waals surface area contributed by atoms with Gasteiger partial charge in [0.1, 0.15) is 36.6 Å². The Kier molecular flexibility index (Phi) is 10.7. The first-order valence-corrected chi connectivity index (χ1v) is 16.7. The fraction of sp³-hybridized carbons (Fsp3) is 0.312. The number of azo groups is 2. The molecule has 0 amide bonds. The second-order valence-corrected chi connectivity index (χ2v) is 12.3. The minimum absolute atomic E-state index is 0.00176. The van der Waals surface area contributed by atoms with E-state index >= 15 is 0 Å². The van der Waals surface area contributed by atoms with Crippen LogP contribution in [0, 0.1) is 0 Å². The summed E-state index contributed by atoms with van der Waals surface area (Å²) in [6, 6.07) is 17.6. The van der Waals surface area contributed by atoms with Crippen LogP contribution in [0.1, 0.15) is 12.5 Å². The van der Waals surface area contributed by atoms with E-state index in [1.54, 1.807) is 48.5 Å². The van der Waals surface area contributed by atoms with E-state index in [-0.39, 0.29) is 46.1 Å². The predicted molar refractivity (Wildman–Crippen MR) is 192 cm³/mol. The molecule has 292 valence electrons. The molecule has 0 spiro atoms. The Morgan fingerprint density at radius 1 is 0.589 bits per heavy atom. The molecule has 2 fully saturated rings. The first-order chi connectivity index (χ1) is 27.0. The average Bonchev–Trinajstić information content (AvgIpc) is 3.91. The van der Waals surface area contributed by atoms with E-state index in [1.807, 2.05) is 12.1 Å². The smallest absolute Gasteiger partial charge is 0.280 e. The number of hydrogen-bond donors (Lipinski definition) is 10. The van der Waals surface area contributed by atoms with Crippen LogP contribution in [0.5, 0.6) is 0 Å². The lowest BCUT2D eigenvalue weighted by atomic mass is 10.1. The van der Waals surface area contributed by atoms with E-state index < -0.39 is 73.4 Å². The molecule has 2 saturated heterocycles. The molecule has 6 heterocycles. The molecule has 0 bridgehead atoms. The number of nitrogens with two attached hydrogens (primary N) is 2. The number of ether oxygens (including phenoxy) is 2. The number of aliphatic hydroxyl groups is 6. The van der Waals surface area contributed by atoms with E-state index in [4.69, 9.17) is 20.9 Å². The number of imidazole rings is 2. The fourth-order valence-electron chi connectivity index (χ4n) is 5.97. The van der Waals surface area contributed by atoms with Crippen LogP contribution in [0.4, 0.5) is 35.2 Å². The second-order valence-electron chi connectivity index (χ2n) is 12.3. The summed E-state index contributed by atoms with van der Waals surface area (Å²) in [5.74, 6) is -0.511. The topological polar surface area (TPSA) is 368 Å². The van der Waals surface area contributed by atoms with Gasteiger partial charge in [-0.25, -0.2) is 9.97 Å². The van der Waals surface area contributed by atoms with Crippen molar-refractivity contribution >= 4 is 57.5 Å². The van der Waals surface area contributed by atoms with Crippen molar-refractivity contribution in [1.29, 1.82) is 0 Å². The molecule has 12 N–H and O–H groups in total. The highest BCUT2D eigenvalue weighted by Crippen LogP contribution is 2.37. The second kappa shape index (κ2) is 15.8. The van der Waals surface area contributed by atoms with Gasteiger partial charge in [-0.1, -0.05) is 36.4 Å². The van der Waals surface area contributed by atoms with E-state index in [0.29, 0.717) is 11.4 Å². The number of aliphatic hydroxyl groups excluding tert-OH is 6. The molecule has 2 unspecified atom stereocenters. The van der Waals surface area contributed by atoms with E-state index in [2.05, 4.69) is 50.4 Å². The van der Waals surface area contributed by atoms with Gasteiger partial charge >= 0.3 is 0 Å². The van der Waals surface area contributed by atoms with Crippen LogP contribution in [0.3, 0.4) is 0 Å². The average molecular weight is 775 g/mol. The maximum absolute atomic E-state index is 12.2. The van der Waals surface area contributed by atoms with Crippen molar-refractivity contribution in [3.63, 3.8) is 0 Å². The molecular weight excluding hydrogens is 740 g/mol. The van der Waals surface area contributed by atoms with Crippen molar-refractivity contribution in [2.75, 3.05) is 24.7 Å². The molecule has 8 atom stereocenters. The summed E-state index contributed by atoms with van der Waals surface area (Å²) >= 11 is 0. The Bertz CT molecular complexity index is 2330. The molecule has 0 radical (unpaired) electrons. The summed E-state index contributed by atoms with van der Waals surface area (Å²) in [6.45, 7) is -1.03. The Morgan fingerprint density at radius 3 is 1.30 bits per heavy atom. The van der Waals surface area contributed by atoms with Crippen LogP contribution in [0.15, 0.2) is 90.7 Å². The van der Waals surface area contributed by atoms with Crippen molar-refractivity contribution in [2.45, 2.75) is 49.1 Å². The lowest BCUT2D eigenvalue weighted by Crippen LogP contribution is -2.33. The van der Waals surface area contributed by atoms with Gasteiger partial charge in [-0.05, 0) is 24.3 Å². The summed E-state index contributed by atoms with van der Waals surface area (Å²) in [4.78, 5) is 45.4. The van der Waals surface area contributed by atoms with Gasteiger partial charge in [0.25, 0.3) is 23.0 Å². The van der Waals surface area contributed by atoms with Crippen LogP contribution in [-0.4, -0.2) is 120 Å². The molecule has 0 saturated carbocycles. The van der Waals surface area contributed by atoms with Crippen molar-refractivity contribution < 1.29 is 40.1 Å². The normalized spacial score (nSPS) is 25.1. The molecule has 2 aliphatic heterocycles. The zero-order chi connectivity index (χ0) is 39.7.